The molecule has 1 nitrogen and oxygen atoms in total. The minimum absolute atomic E-state index is 0. The molecule has 0 aliphatic heterocycles. The molecule has 0 heterocycles. The second-order valence-corrected chi connectivity index (χ2v) is 2.80. The molecule has 0 bridgehead atoms. The summed E-state index contributed by atoms with van der Waals surface area (Å²) in [5, 5.41) is 0. The van der Waals surface area contributed by atoms with Gasteiger partial charge in [0.2, 0.25) is 0 Å². The van der Waals surface area contributed by atoms with Crippen LogP contribution in [-0.2, 0) is 4.74 Å². The fourth-order valence-corrected chi connectivity index (χ4v) is 0.916. The van der Waals surface area contributed by atoms with E-state index in [9.17, 15) is 0 Å². The van der Waals surface area contributed by atoms with Gasteiger partial charge in [0, 0.05) is 13.2 Å². The summed E-state index contributed by atoms with van der Waals surface area (Å²) in [6.07, 6.45) is 4.17. The van der Waals surface area contributed by atoms with Crippen molar-refractivity contribution < 1.29 is 23.6 Å². The van der Waals surface area contributed by atoms with Gasteiger partial charge >= 0.3 is 18.9 Å². The molecule has 10 heavy (non-hydrogen) atoms. The fourth-order valence-electron chi connectivity index (χ4n) is 0.509. The third-order valence-corrected chi connectivity index (χ3v) is 1.62. The molecular weight excluding hydrogens is 139 g/mol. The molecule has 0 aromatic heterocycles. The predicted octanol–water partition coefficient (Wildman–Crippen LogP) is -1.02. The van der Waals surface area contributed by atoms with Crippen LogP contribution in [0.5, 0.6) is 0 Å². The quantitative estimate of drug-likeness (QED) is 0.275. The van der Waals surface area contributed by atoms with Gasteiger partial charge in [0.05, 0.1) is 0 Å². The number of rotatable bonds is 6. The van der Waals surface area contributed by atoms with Crippen molar-refractivity contribution in [2.75, 3.05) is 25.2 Å². The van der Waals surface area contributed by atoms with Gasteiger partial charge in [0.1, 0.15) is 0 Å². The smallest absolute Gasteiger partial charge is 0.384 e. The summed E-state index contributed by atoms with van der Waals surface area (Å²) in [6, 6.07) is 0. The summed E-state index contributed by atoms with van der Waals surface area (Å²) in [6.45, 7) is 5.39. The zero-order chi connectivity index (χ0) is 6.95. The molecule has 3 heteroatoms. The largest absolute Gasteiger partial charge is 1.00 e. The summed E-state index contributed by atoms with van der Waals surface area (Å²) in [7, 11) is 0. The predicted molar refractivity (Wildman–Crippen MR) is 43.8 cm³/mol. The Balaban J connectivity index is 0. The minimum Gasteiger partial charge on any atom is -0.384 e. The van der Waals surface area contributed by atoms with Gasteiger partial charge < -0.3 is 11.7 Å². The third kappa shape index (κ3) is 11.7. The zero-order valence-corrected chi connectivity index (χ0v) is 7.88. The van der Waals surface area contributed by atoms with Crippen LogP contribution in [0.15, 0.2) is 0 Å². The van der Waals surface area contributed by atoms with E-state index in [1.165, 1.54) is 12.2 Å². The van der Waals surface area contributed by atoms with E-state index in [1.54, 1.807) is 0 Å². The van der Waals surface area contributed by atoms with Crippen molar-refractivity contribution in [3.8, 4) is 0 Å². The average molecular weight is 154 g/mol. The Bertz CT molecular complexity index is 46.9. The third-order valence-electron chi connectivity index (χ3n) is 0.926. The van der Waals surface area contributed by atoms with E-state index < -0.39 is 0 Å². The number of hydrogen-bond acceptors (Lipinski definition) is 2. The van der Waals surface area contributed by atoms with Crippen molar-refractivity contribution in [2.45, 2.75) is 12.8 Å². The normalized spacial score (nSPS) is 9.00. The Hall–Kier alpha value is 0.907. The van der Waals surface area contributed by atoms with Crippen molar-refractivity contribution in [1.82, 2.24) is 0 Å². The first-order valence-electron chi connectivity index (χ1n) is 3.27. The minimum atomic E-state index is 0. The van der Waals surface area contributed by atoms with Crippen LogP contribution in [0.3, 0.4) is 0 Å². The summed E-state index contributed by atoms with van der Waals surface area (Å²) < 4.78 is 5.21. The molecule has 0 fully saturated rings. The molecule has 0 aliphatic rings. The number of ether oxygens (including phenoxy) is 1. The number of thioether (sulfide) groups is 1. The Kier molecular flexibility index (Phi) is 17.0. The van der Waals surface area contributed by atoms with Gasteiger partial charge in [-0.25, -0.2) is 0 Å². The molecule has 0 radical (unpaired) electrons. The van der Waals surface area contributed by atoms with Crippen LogP contribution < -0.4 is 18.9 Å². The van der Waals surface area contributed by atoms with Gasteiger partial charge in [-0.2, -0.15) is 18.2 Å². The van der Waals surface area contributed by atoms with Crippen molar-refractivity contribution in [2.24, 2.45) is 0 Å². The molecule has 56 valence electrons. The van der Waals surface area contributed by atoms with Crippen molar-refractivity contribution >= 4 is 11.8 Å². The first kappa shape index (κ1) is 13.5. The Morgan fingerprint density at radius 2 is 2.10 bits per heavy atom. The van der Waals surface area contributed by atoms with Gasteiger partial charge in [-0.3, -0.25) is 0 Å². The van der Waals surface area contributed by atoms with Gasteiger partial charge in [0.15, 0.2) is 0 Å². The number of hydrogen-bond donors (Lipinski definition) is 0. The standard InChI is InChI=1S/C7H15OS.Li/c1-3-5-8-6-4-7-9-2;/h1,3-7H2,2H3;/q-1;+1. The molecule has 0 saturated heterocycles. The molecule has 0 aromatic carbocycles. The molecular formula is C7H15LiOS. The Morgan fingerprint density at radius 3 is 2.60 bits per heavy atom. The first-order valence-corrected chi connectivity index (χ1v) is 4.67. The topological polar surface area (TPSA) is 9.23 Å². The van der Waals surface area contributed by atoms with E-state index in [-0.39, 0.29) is 18.9 Å². The van der Waals surface area contributed by atoms with Crippen LogP contribution in [0.4, 0.5) is 0 Å². The maximum absolute atomic E-state index is 5.21. The fraction of sp³-hybridized carbons (Fsp3) is 0.857. The second-order valence-electron chi connectivity index (χ2n) is 1.81. The van der Waals surface area contributed by atoms with Crippen LogP contribution in [0, 0.1) is 6.92 Å². The van der Waals surface area contributed by atoms with Crippen LogP contribution in [0.25, 0.3) is 0 Å². The zero-order valence-electron chi connectivity index (χ0n) is 7.06. The molecule has 0 aliphatic carbocycles. The van der Waals surface area contributed by atoms with E-state index in [2.05, 4.69) is 13.2 Å². The SMILES string of the molecule is [CH2-]CCOCCCSC.[Li+]. The molecule has 0 N–H and O–H groups in total. The summed E-state index contributed by atoms with van der Waals surface area (Å²) in [5.41, 5.74) is 0. The molecule has 0 saturated carbocycles. The van der Waals surface area contributed by atoms with E-state index in [0.29, 0.717) is 0 Å². The maximum Gasteiger partial charge on any atom is 1.00 e. The van der Waals surface area contributed by atoms with E-state index in [0.717, 1.165) is 19.6 Å². The van der Waals surface area contributed by atoms with Crippen LogP contribution in [0.1, 0.15) is 12.8 Å². The molecule has 0 amide bonds. The molecule has 0 aromatic rings. The van der Waals surface area contributed by atoms with Crippen LogP contribution in [-0.4, -0.2) is 25.2 Å². The van der Waals surface area contributed by atoms with Gasteiger partial charge in [0.25, 0.3) is 0 Å². The summed E-state index contributed by atoms with van der Waals surface area (Å²) >= 11 is 1.86. The van der Waals surface area contributed by atoms with Crippen molar-refractivity contribution in [3.63, 3.8) is 0 Å². The van der Waals surface area contributed by atoms with Gasteiger partial charge in [-0.15, -0.1) is 0 Å². The Morgan fingerprint density at radius 1 is 1.40 bits per heavy atom. The summed E-state index contributed by atoms with van der Waals surface area (Å²) in [5.74, 6) is 1.21. The molecule has 0 unspecified atom stereocenters. The van der Waals surface area contributed by atoms with Gasteiger partial charge in [-0.05, 0) is 18.4 Å². The van der Waals surface area contributed by atoms with Crippen molar-refractivity contribution in [3.05, 3.63) is 6.92 Å². The molecule has 0 rings (SSSR count). The van der Waals surface area contributed by atoms with Crippen molar-refractivity contribution in [1.29, 1.82) is 0 Å². The first-order chi connectivity index (χ1) is 4.41. The van der Waals surface area contributed by atoms with Crippen LogP contribution in [0.2, 0.25) is 0 Å². The van der Waals surface area contributed by atoms with Gasteiger partial charge in [-0.1, -0.05) is 0 Å². The van der Waals surface area contributed by atoms with Crippen LogP contribution >= 0.6 is 11.8 Å². The maximum atomic E-state index is 5.21. The molecule has 0 atom stereocenters. The average Bonchev–Trinajstić information content (AvgIpc) is 1.89. The van der Waals surface area contributed by atoms with E-state index in [4.69, 9.17) is 4.74 Å². The monoisotopic (exact) mass is 154 g/mol. The van der Waals surface area contributed by atoms with E-state index in [1.807, 2.05) is 11.8 Å². The van der Waals surface area contributed by atoms with E-state index >= 15 is 0 Å². The second kappa shape index (κ2) is 12.6. The Labute approximate surface area is 80.5 Å². The summed E-state index contributed by atoms with van der Waals surface area (Å²) in [4.78, 5) is 0. The molecule has 0 spiro atoms.